The standard InChI is InChI=1S/C24H23N3O4S/c1-26(20-9-3-2-4-10-20)32(30,31)21-13-11-17(12-14-21)24(29)27-16-19-8-6-5-7-18(19)15-22(27)23(25)28/h2-14,22H,15-16H2,1H3,(H2,25,28)/t22-/m1/s1. The van der Waals surface area contributed by atoms with E-state index < -0.39 is 22.0 Å². The van der Waals surface area contributed by atoms with Crippen LogP contribution >= 0.6 is 0 Å². The first-order chi connectivity index (χ1) is 15.3. The number of rotatable bonds is 5. The Balaban J connectivity index is 1.60. The van der Waals surface area contributed by atoms with Gasteiger partial charge in [-0.1, -0.05) is 42.5 Å². The van der Waals surface area contributed by atoms with Gasteiger partial charge >= 0.3 is 0 Å². The summed E-state index contributed by atoms with van der Waals surface area (Å²) < 4.78 is 27.1. The third-order valence-electron chi connectivity index (χ3n) is 5.72. The van der Waals surface area contributed by atoms with Gasteiger partial charge in [-0.05, 0) is 47.5 Å². The third kappa shape index (κ3) is 3.97. The van der Waals surface area contributed by atoms with Crippen molar-refractivity contribution in [3.63, 3.8) is 0 Å². The smallest absolute Gasteiger partial charge is 0.264 e. The van der Waals surface area contributed by atoms with E-state index in [1.165, 1.54) is 40.5 Å². The molecule has 0 aliphatic carbocycles. The van der Waals surface area contributed by atoms with Crippen molar-refractivity contribution >= 4 is 27.5 Å². The number of hydrogen-bond donors (Lipinski definition) is 1. The molecule has 2 N–H and O–H groups in total. The molecule has 0 saturated carbocycles. The van der Waals surface area contributed by atoms with E-state index in [0.717, 1.165) is 11.1 Å². The molecule has 0 bridgehead atoms. The quantitative estimate of drug-likeness (QED) is 0.647. The van der Waals surface area contributed by atoms with E-state index in [0.29, 0.717) is 12.1 Å². The topological polar surface area (TPSA) is 101 Å². The molecule has 4 rings (SSSR count). The van der Waals surface area contributed by atoms with Crippen LogP contribution in [0.2, 0.25) is 0 Å². The molecule has 0 aromatic heterocycles. The molecule has 0 unspecified atom stereocenters. The molecule has 0 saturated heterocycles. The first-order valence-electron chi connectivity index (χ1n) is 10.1. The zero-order valence-corrected chi connectivity index (χ0v) is 18.3. The Morgan fingerprint density at radius 1 is 0.906 bits per heavy atom. The molecule has 0 radical (unpaired) electrons. The summed E-state index contributed by atoms with van der Waals surface area (Å²) in [7, 11) is -2.31. The van der Waals surface area contributed by atoms with E-state index in [1.54, 1.807) is 24.3 Å². The number of primary amides is 1. The second-order valence-corrected chi connectivity index (χ2v) is 9.63. The molecule has 7 nitrogen and oxygen atoms in total. The molecule has 1 heterocycles. The lowest BCUT2D eigenvalue weighted by Gasteiger charge is -2.35. The Kier molecular flexibility index (Phi) is 5.71. The van der Waals surface area contributed by atoms with Crippen molar-refractivity contribution < 1.29 is 18.0 Å². The predicted octanol–water partition coefficient (Wildman–Crippen LogP) is 2.56. The molecule has 0 spiro atoms. The van der Waals surface area contributed by atoms with Crippen molar-refractivity contribution in [3.8, 4) is 0 Å². The molecule has 1 aliphatic heterocycles. The van der Waals surface area contributed by atoms with Gasteiger partial charge in [-0.2, -0.15) is 0 Å². The first-order valence-corrected chi connectivity index (χ1v) is 11.5. The number of fused-ring (bicyclic) bond motifs is 1. The monoisotopic (exact) mass is 449 g/mol. The predicted molar refractivity (Wildman–Crippen MR) is 121 cm³/mol. The van der Waals surface area contributed by atoms with Crippen LogP contribution in [0, 0.1) is 0 Å². The minimum Gasteiger partial charge on any atom is -0.368 e. The summed E-state index contributed by atoms with van der Waals surface area (Å²) in [6.07, 6.45) is 0.353. The van der Waals surface area contributed by atoms with Gasteiger partial charge in [0.2, 0.25) is 5.91 Å². The summed E-state index contributed by atoms with van der Waals surface area (Å²) in [5.41, 5.74) is 8.35. The van der Waals surface area contributed by atoms with Crippen molar-refractivity contribution in [3.05, 3.63) is 95.6 Å². The minimum atomic E-state index is -3.79. The molecule has 8 heteroatoms. The van der Waals surface area contributed by atoms with E-state index in [1.807, 2.05) is 30.3 Å². The largest absolute Gasteiger partial charge is 0.368 e. The van der Waals surface area contributed by atoms with E-state index in [-0.39, 0.29) is 22.9 Å². The van der Waals surface area contributed by atoms with Crippen molar-refractivity contribution in [1.82, 2.24) is 4.90 Å². The van der Waals surface area contributed by atoms with Gasteiger partial charge in [0.1, 0.15) is 6.04 Å². The summed E-state index contributed by atoms with van der Waals surface area (Å²) in [6, 6.07) is 21.3. The van der Waals surface area contributed by atoms with E-state index in [9.17, 15) is 18.0 Å². The maximum absolute atomic E-state index is 13.2. The van der Waals surface area contributed by atoms with Crippen molar-refractivity contribution in [2.24, 2.45) is 5.73 Å². The first kappa shape index (κ1) is 21.6. The van der Waals surface area contributed by atoms with Gasteiger partial charge in [0.15, 0.2) is 0 Å². The SMILES string of the molecule is CN(c1ccccc1)S(=O)(=O)c1ccc(C(=O)N2Cc3ccccc3C[C@@H]2C(N)=O)cc1. The lowest BCUT2D eigenvalue weighted by Crippen LogP contribution is -2.51. The minimum absolute atomic E-state index is 0.0656. The van der Waals surface area contributed by atoms with Crippen LogP contribution in [-0.2, 0) is 27.8 Å². The molecular weight excluding hydrogens is 426 g/mol. The highest BCUT2D eigenvalue weighted by Crippen LogP contribution is 2.26. The fourth-order valence-corrected chi connectivity index (χ4v) is 5.06. The molecular formula is C24H23N3O4S. The Morgan fingerprint density at radius 2 is 1.50 bits per heavy atom. The molecule has 3 aromatic carbocycles. The molecule has 0 fully saturated rings. The fraction of sp³-hybridized carbons (Fsp3) is 0.167. The second kappa shape index (κ2) is 8.47. The van der Waals surface area contributed by atoms with Crippen LogP contribution in [0.5, 0.6) is 0 Å². The van der Waals surface area contributed by atoms with Crippen LogP contribution in [0.25, 0.3) is 0 Å². The van der Waals surface area contributed by atoms with Gasteiger partial charge in [-0.25, -0.2) is 8.42 Å². The number of benzene rings is 3. The summed E-state index contributed by atoms with van der Waals surface area (Å²) in [5, 5.41) is 0. The number of carbonyl (C=O) groups is 2. The molecule has 32 heavy (non-hydrogen) atoms. The van der Waals surface area contributed by atoms with E-state index >= 15 is 0 Å². The van der Waals surface area contributed by atoms with Crippen LogP contribution < -0.4 is 10.0 Å². The molecule has 1 atom stereocenters. The number of hydrogen-bond acceptors (Lipinski definition) is 4. The fourth-order valence-electron chi connectivity index (χ4n) is 3.86. The molecule has 3 aromatic rings. The Hall–Kier alpha value is -3.65. The number of nitrogens with two attached hydrogens (primary N) is 1. The van der Waals surface area contributed by atoms with Gasteiger partial charge in [0.05, 0.1) is 10.6 Å². The van der Waals surface area contributed by atoms with Crippen LogP contribution in [0.4, 0.5) is 5.69 Å². The summed E-state index contributed by atoms with van der Waals surface area (Å²) >= 11 is 0. The Labute approximate surface area is 187 Å². The van der Waals surface area contributed by atoms with Crippen LogP contribution in [-0.4, -0.2) is 38.2 Å². The molecule has 1 aliphatic rings. The lowest BCUT2D eigenvalue weighted by molar-refractivity contribution is -0.122. The number of anilines is 1. The Bertz CT molecular complexity index is 1260. The highest BCUT2D eigenvalue weighted by molar-refractivity contribution is 7.92. The van der Waals surface area contributed by atoms with Crippen molar-refractivity contribution in [1.29, 1.82) is 0 Å². The number of amides is 2. The molecule has 164 valence electrons. The maximum Gasteiger partial charge on any atom is 0.264 e. The second-order valence-electron chi connectivity index (χ2n) is 7.66. The third-order valence-corrected chi connectivity index (χ3v) is 7.52. The van der Waals surface area contributed by atoms with Crippen LogP contribution in [0.15, 0.2) is 83.8 Å². The summed E-state index contributed by atoms with van der Waals surface area (Å²) in [4.78, 5) is 26.8. The van der Waals surface area contributed by atoms with Crippen LogP contribution in [0.3, 0.4) is 0 Å². The van der Waals surface area contributed by atoms with Gasteiger partial charge in [-0.15, -0.1) is 0 Å². The highest BCUT2D eigenvalue weighted by Gasteiger charge is 2.34. The summed E-state index contributed by atoms with van der Waals surface area (Å²) in [5.74, 6) is -0.944. The maximum atomic E-state index is 13.2. The lowest BCUT2D eigenvalue weighted by atomic mass is 9.93. The Morgan fingerprint density at radius 3 is 2.12 bits per heavy atom. The van der Waals surface area contributed by atoms with Gasteiger partial charge in [-0.3, -0.25) is 13.9 Å². The zero-order chi connectivity index (χ0) is 22.9. The van der Waals surface area contributed by atoms with Gasteiger partial charge in [0, 0.05) is 25.6 Å². The average molecular weight is 450 g/mol. The average Bonchev–Trinajstić information content (AvgIpc) is 2.82. The molecule has 2 amide bonds. The van der Waals surface area contributed by atoms with Gasteiger partial charge in [0.25, 0.3) is 15.9 Å². The van der Waals surface area contributed by atoms with Crippen molar-refractivity contribution in [2.45, 2.75) is 23.9 Å². The van der Waals surface area contributed by atoms with E-state index in [2.05, 4.69) is 0 Å². The van der Waals surface area contributed by atoms with Gasteiger partial charge < -0.3 is 10.6 Å². The zero-order valence-electron chi connectivity index (χ0n) is 17.5. The number of nitrogens with zero attached hydrogens (tertiary/aromatic N) is 2. The normalized spacial score (nSPS) is 15.7. The highest BCUT2D eigenvalue weighted by atomic mass is 32.2. The van der Waals surface area contributed by atoms with Crippen LogP contribution in [0.1, 0.15) is 21.5 Å². The number of carbonyl (C=O) groups excluding carboxylic acids is 2. The summed E-state index contributed by atoms with van der Waals surface area (Å²) in [6.45, 7) is 0.263. The van der Waals surface area contributed by atoms with Crippen molar-refractivity contribution in [2.75, 3.05) is 11.4 Å². The number of para-hydroxylation sites is 1. The van der Waals surface area contributed by atoms with E-state index in [4.69, 9.17) is 5.73 Å². The number of sulfonamides is 1.